The van der Waals surface area contributed by atoms with Gasteiger partial charge in [0.25, 0.3) is 0 Å². The van der Waals surface area contributed by atoms with Gasteiger partial charge in [0.15, 0.2) is 0 Å². The molecule has 1 aliphatic heterocycles. The molecule has 0 radical (unpaired) electrons. The van der Waals surface area contributed by atoms with E-state index >= 15 is 0 Å². The van der Waals surface area contributed by atoms with Crippen molar-refractivity contribution in [2.24, 2.45) is 0 Å². The molecule has 136 valence electrons. The summed E-state index contributed by atoms with van der Waals surface area (Å²) >= 11 is 0. The summed E-state index contributed by atoms with van der Waals surface area (Å²) in [7, 11) is 0. The summed E-state index contributed by atoms with van der Waals surface area (Å²) in [5, 5.41) is 4.47. The Labute approximate surface area is 151 Å². The van der Waals surface area contributed by atoms with Crippen LogP contribution in [0.15, 0.2) is 30.5 Å². The number of nitrogens with one attached hydrogen (secondary N) is 1. The standard InChI is InChI=1S/C21H31N3O/c1-3-23-14-8-10-18(23)15-22-21(25)13-7-9-17-16-24(4-2)20-12-6-5-11-19(17)20/h5-6,11-12,16,18H,3-4,7-10,13-15H2,1-2H3,(H,22,25). The summed E-state index contributed by atoms with van der Waals surface area (Å²) < 4.78 is 2.30. The SMILES string of the molecule is CCN1CCCC1CNC(=O)CCCc1cn(CC)c2ccccc12. The molecule has 1 aliphatic rings. The third kappa shape index (κ3) is 4.24. The van der Waals surface area contributed by atoms with Crippen LogP contribution < -0.4 is 5.32 Å². The van der Waals surface area contributed by atoms with Gasteiger partial charge < -0.3 is 9.88 Å². The van der Waals surface area contributed by atoms with Crippen molar-refractivity contribution in [2.75, 3.05) is 19.6 Å². The van der Waals surface area contributed by atoms with Crippen LogP contribution in [0.25, 0.3) is 10.9 Å². The van der Waals surface area contributed by atoms with Gasteiger partial charge in [0.2, 0.25) is 5.91 Å². The fourth-order valence-electron chi connectivity index (χ4n) is 4.09. The van der Waals surface area contributed by atoms with Gasteiger partial charge in [0, 0.05) is 42.7 Å². The van der Waals surface area contributed by atoms with Crippen LogP contribution in [0.5, 0.6) is 0 Å². The number of para-hydroxylation sites is 1. The van der Waals surface area contributed by atoms with Gasteiger partial charge in [-0.2, -0.15) is 0 Å². The number of amides is 1. The van der Waals surface area contributed by atoms with Crippen LogP contribution in [0.2, 0.25) is 0 Å². The summed E-state index contributed by atoms with van der Waals surface area (Å²) in [6, 6.07) is 9.09. The van der Waals surface area contributed by atoms with E-state index in [0.717, 1.165) is 32.5 Å². The highest BCUT2D eigenvalue weighted by Crippen LogP contribution is 2.23. The van der Waals surface area contributed by atoms with Crippen molar-refractivity contribution in [3.63, 3.8) is 0 Å². The second-order valence-electron chi connectivity index (χ2n) is 7.04. The monoisotopic (exact) mass is 341 g/mol. The zero-order chi connectivity index (χ0) is 17.6. The number of hydrogen-bond acceptors (Lipinski definition) is 2. The average Bonchev–Trinajstić information content (AvgIpc) is 3.24. The lowest BCUT2D eigenvalue weighted by Gasteiger charge is -2.22. The van der Waals surface area contributed by atoms with Crippen LogP contribution >= 0.6 is 0 Å². The summed E-state index contributed by atoms with van der Waals surface area (Å²) in [5.41, 5.74) is 2.66. The number of nitrogens with zero attached hydrogens (tertiary/aromatic N) is 2. The Bertz CT molecular complexity index is 706. The highest BCUT2D eigenvalue weighted by Gasteiger charge is 2.22. The zero-order valence-corrected chi connectivity index (χ0v) is 15.6. The van der Waals surface area contributed by atoms with Crippen molar-refractivity contribution in [3.8, 4) is 0 Å². The number of benzene rings is 1. The number of fused-ring (bicyclic) bond motifs is 1. The molecular weight excluding hydrogens is 310 g/mol. The molecule has 3 rings (SSSR count). The maximum Gasteiger partial charge on any atom is 0.220 e. The molecule has 0 spiro atoms. The number of carbonyl (C=O) groups excluding carboxylic acids is 1. The molecule has 1 N–H and O–H groups in total. The Hall–Kier alpha value is -1.81. The van der Waals surface area contributed by atoms with E-state index < -0.39 is 0 Å². The fraction of sp³-hybridized carbons (Fsp3) is 0.571. The Kier molecular flexibility index (Phi) is 6.14. The smallest absolute Gasteiger partial charge is 0.220 e. The number of aromatic nitrogens is 1. The molecule has 1 unspecified atom stereocenters. The fourth-order valence-corrected chi connectivity index (χ4v) is 4.09. The quantitative estimate of drug-likeness (QED) is 0.797. The van der Waals surface area contributed by atoms with Crippen LogP contribution in [0, 0.1) is 0 Å². The Morgan fingerprint density at radius 1 is 1.24 bits per heavy atom. The third-order valence-corrected chi connectivity index (χ3v) is 5.50. The molecule has 4 nitrogen and oxygen atoms in total. The molecule has 1 amide bonds. The van der Waals surface area contributed by atoms with Gasteiger partial charge in [-0.3, -0.25) is 9.69 Å². The first-order valence-electron chi connectivity index (χ1n) is 9.80. The van der Waals surface area contributed by atoms with Crippen molar-refractivity contribution in [1.29, 1.82) is 0 Å². The van der Waals surface area contributed by atoms with Crippen molar-refractivity contribution in [2.45, 2.75) is 58.5 Å². The van der Waals surface area contributed by atoms with E-state index in [1.807, 2.05) is 0 Å². The van der Waals surface area contributed by atoms with Gasteiger partial charge in [0.05, 0.1) is 0 Å². The number of likely N-dealkylation sites (tertiary alicyclic amines) is 1. The topological polar surface area (TPSA) is 37.3 Å². The van der Waals surface area contributed by atoms with Crippen LogP contribution in [-0.2, 0) is 17.8 Å². The maximum absolute atomic E-state index is 12.2. The second kappa shape index (κ2) is 8.52. The van der Waals surface area contributed by atoms with E-state index in [1.54, 1.807) is 0 Å². The lowest BCUT2D eigenvalue weighted by Crippen LogP contribution is -2.39. The molecular formula is C21H31N3O. The molecule has 0 bridgehead atoms. The van der Waals surface area contributed by atoms with E-state index in [2.05, 4.69) is 59.1 Å². The van der Waals surface area contributed by atoms with Gasteiger partial charge in [-0.05, 0) is 57.3 Å². The van der Waals surface area contributed by atoms with Crippen molar-refractivity contribution < 1.29 is 4.79 Å². The predicted octanol–water partition coefficient (Wildman–Crippen LogP) is 3.58. The van der Waals surface area contributed by atoms with Gasteiger partial charge in [-0.25, -0.2) is 0 Å². The first kappa shape index (κ1) is 18.0. The lowest BCUT2D eigenvalue weighted by atomic mass is 10.1. The first-order chi connectivity index (χ1) is 12.2. The molecule has 1 atom stereocenters. The molecule has 0 aliphatic carbocycles. The molecule has 2 heterocycles. The van der Waals surface area contributed by atoms with E-state index in [1.165, 1.54) is 35.9 Å². The van der Waals surface area contributed by atoms with Crippen LogP contribution in [-0.4, -0.2) is 41.1 Å². The Morgan fingerprint density at radius 3 is 2.88 bits per heavy atom. The van der Waals surface area contributed by atoms with E-state index in [-0.39, 0.29) is 5.91 Å². The summed E-state index contributed by atoms with van der Waals surface area (Å²) in [5.74, 6) is 0.196. The summed E-state index contributed by atoms with van der Waals surface area (Å²) in [6.45, 7) is 8.43. The minimum absolute atomic E-state index is 0.196. The number of aryl methyl sites for hydroxylation is 2. The van der Waals surface area contributed by atoms with Crippen LogP contribution in [0.1, 0.15) is 45.1 Å². The minimum Gasteiger partial charge on any atom is -0.355 e. The van der Waals surface area contributed by atoms with Crippen LogP contribution in [0.4, 0.5) is 0 Å². The van der Waals surface area contributed by atoms with Gasteiger partial charge in [0.1, 0.15) is 0 Å². The van der Waals surface area contributed by atoms with Crippen molar-refractivity contribution >= 4 is 16.8 Å². The summed E-state index contributed by atoms with van der Waals surface area (Å²) in [4.78, 5) is 14.6. The summed E-state index contributed by atoms with van der Waals surface area (Å²) in [6.07, 6.45) is 7.21. The van der Waals surface area contributed by atoms with Gasteiger partial charge in [-0.1, -0.05) is 25.1 Å². The molecule has 4 heteroatoms. The Morgan fingerprint density at radius 2 is 2.08 bits per heavy atom. The van der Waals surface area contributed by atoms with Crippen molar-refractivity contribution in [3.05, 3.63) is 36.0 Å². The van der Waals surface area contributed by atoms with Crippen LogP contribution in [0.3, 0.4) is 0 Å². The highest BCUT2D eigenvalue weighted by molar-refractivity contribution is 5.84. The molecule has 2 aromatic rings. The molecule has 1 fully saturated rings. The number of hydrogen-bond donors (Lipinski definition) is 1. The number of rotatable bonds is 8. The third-order valence-electron chi connectivity index (χ3n) is 5.50. The van der Waals surface area contributed by atoms with Gasteiger partial charge in [-0.15, -0.1) is 0 Å². The maximum atomic E-state index is 12.2. The molecule has 1 saturated heterocycles. The molecule has 25 heavy (non-hydrogen) atoms. The highest BCUT2D eigenvalue weighted by atomic mass is 16.1. The Balaban J connectivity index is 1.47. The van der Waals surface area contributed by atoms with Gasteiger partial charge >= 0.3 is 0 Å². The normalized spacial score (nSPS) is 18.1. The molecule has 1 aromatic carbocycles. The predicted molar refractivity (Wildman–Crippen MR) is 104 cm³/mol. The second-order valence-corrected chi connectivity index (χ2v) is 7.04. The molecule has 0 saturated carbocycles. The van der Waals surface area contributed by atoms with Crippen molar-refractivity contribution in [1.82, 2.24) is 14.8 Å². The minimum atomic E-state index is 0.196. The number of carbonyl (C=O) groups is 1. The van der Waals surface area contributed by atoms with E-state index in [0.29, 0.717) is 12.5 Å². The lowest BCUT2D eigenvalue weighted by molar-refractivity contribution is -0.121. The number of likely N-dealkylation sites (N-methyl/N-ethyl adjacent to an activating group) is 1. The molecule has 1 aromatic heterocycles. The largest absolute Gasteiger partial charge is 0.355 e. The van der Waals surface area contributed by atoms with E-state index in [9.17, 15) is 4.79 Å². The zero-order valence-electron chi connectivity index (χ0n) is 15.6. The first-order valence-corrected chi connectivity index (χ1v) is 9.80. The van der Waals surface area contributed by atoms with E-state index in [4.69, 9.17) is 0 Å². The average molecular weight is 341 g/mol.